The summed E-state index contributed by atoms with van der Waals surface area (Å²) in [6.07, 6.45) is 6.55. The largest absolute Gasteiger partial charge is 0.334 e. The first-order valence-corrected chi connectivity index (χ1v) is 10.8. The average Bonchev–Trinajstić information content (AvgIpc) is 2.73. The highest BCUT2D eigenvalue weighted by Gasteiger charge is 2.21. The van der Waals surface area contributed by atoms with Gasteiger partial charge in [-0.2, -0.15) is 0 Å². The standard InChI is InChI=1S/C24H29ClN2O2/c1-19(28)27-17-9-5-3-2-4-8-16-26(18-21-10-6-7-11-23(21)27)24(29)20-12-14-22(25)15-13-20/h6-7,10-15H,2-5,8-9,16-18H2,1H3. The molecule has 0 saturated carbocycles. The highest BCUT2D eigenvalue weighted by atomic mass is 35.5. The van der Waals surface area contributed by atoms with Crippen molar-refractivity contribution in [2.75, 3.05) is 18.0 Å². The molecule has 3 rings (SSSR count). The number of nitrogens with zero attached hydrogens (tertiary/aromatic N) is 2. The highest BCUT2D eigenvalue weighted by Crippen LogP contribution is 2.25. The predicted molar refractivity (Wildman–Crippen MR) is 118 cm³/mol. The maximum atomic E-state index is 13.2. The monoisotopic (exact) mass is 412 g/mol. The summed E-state index contributed by atoms with van der Waals surface area (Å²) in [5.74, 6) is 0.0450. The Morgan fingerprint density at radius 3 is 2.14 bits per heavy atom. The minimum Gasteiger partial charge on any atom is -0.334 e. The second-order valence-corrected chi connectivity index (χ2v) is 8.09. The fraction of sp³-hybridized carbons (Fsp3) is 0.417. The van der Waals surface area contributed by atoms with Crippen molar-refractivity contribution in [1.82, 2.24) is 4.90 Å². The van der Waals surface area contributed by atoms with Crippen LogP contribution in [0.3, 0.4) is 0 Å². The molecule has 0 aromatic heterocycles. The number of rotatable bonds is 1. The maximum Gasteiger partial charge on any atom is 0.254 e. The number of hydrogen-bond donors (Lipinski definition) is 0. The molecule has 29 heavy (non-hydrogen) atoms. The average molecular weight is 413 g/mol. The molecule has 0 fully saturated rings. The first-order valence-electron chi connectivity index (χ1n) is 10.5. The van der Waals surface area contributed by atoms with Gasteiger partial charge in [-0.3, -0.25) is 9.59 Å². The molecule has 0 atom stereocenters. The number of para-hydroxylation sites is 1. The number of anilines is 1. The summed E-state index contributed by atoms with van der Waals surface area (Å²) >= 11 is 5.99. The van der Waals surface area contributed by atoms with Crippen LogP contribution in [-0.4, -0.2) is 29.8 Å². The summed E-state index contributed by atoms with van der Waals surface area (Å²) in [5, 5.41) is 0.619. The van der Waals surface area contributed by atoms with Crippen molar-refractivity contribution in [3.8, 4) is 0 Å². The lowest BCUT2D eigenvalue weighted by Crippen LogP contribution is -2.34. The Kier molecular flexibility index (Phi) is 7.70. The Hall–Kier alpha value is -2.33. The fourth-order valence-corrected chi connectivity index (χ4v) is 3.99. The second kappa shape index (κ2) is 10.4. The zero-order chi connectivity index (χ0) is 20.6. The summed E-state index contributed by atoms with van der Waals surface area (Å²) in [6.45, 7) is 3.53. The van der Waals surface area contributed by atoms with Crippen LogP contribution in [0.15, 0.2) is 48.5 Å². The number of hydrogen-bond acceptors (Lipinski definition) is 2. The molecule has 0 unspecified atom stereocenters. The molecule has 0 N–H and O–H groups in total. The molecule has 5 heteroatoms. The van der Waals surface area contributed by atoms with Gasteiger partial charge in [0.1, 0.15) is 0 Å². The zero-order valence-electron chi connectivity index (χ0n) is 17.1. The van der Waals surface area contributed by atoms with Gasteiger partial charge in [-0.1, -0.05) is 55.5 Å². The van der Waals surface area contributed by atoms with E-state index in [0.717, 1.165) is 49.9 Å². The Morgan fingerprint density at radius 1 is 0.828 bits per heavy atom. The Balaban J connectivity index is 1.92. The van der Waals surface area contributed by atoms with Gasteiger partial charge in [-0.25, -0.2) is 0 Å². The predicted octanol–water partition coefficient (Wildman–Crippen LogP) is 5.69. The van der Waals surface area contributed by atoms with Gasteiger partial charge < -0.3 is 9.80 Å². The van der Waals surface area contributed by atoms with E-state index < -0.39 is 0 Å². The molecule has 2 aromatic rings. The van der Waals surface area contributed by atoms with E-state index in [1.54, 1.807) is 31.2 Å². The van der Waals surface area contributed by atoms with E-state index in [0.29, 0.717) is 23.7 Å². The molecule has 4 nitrogen and oxygen atoms in total. The smallest absolute Gasteiger partial charge is 0.254 e. The van der Waals surface area contributed by atoms with E-state index in [1.807, 2.05) is 34.1 Å². The van der Waals surface area contributed by atoms with Gasteiger partial charge in [-0.05, 0) is 48.7 Å². The molecule has 0 bridgehead atoms. The van der Waals surface area contributed by atoms with Crippen molar-refractivity contribution in [3.05, 3.63) is 64.7 Å². The molecule has 1 heterocycles. The number of halogens is 1. The van der Waals surface area contributed by atoms with E-state index >= 15 is 0 Å². The third-order valence-electron chi connectivity index (χ3n) is 5.46. The lowest BCUT2D eigenvalue weighted by Gasteiger charge is -2.28. The van der Waals surface area contributed by atoms with Crippen LogP contribution in [-0.2, 0) is 11.3 Å². The van der Waals surface area contributed by atoms with Gasteiger partial charge >= 0.3 is 0 Å². The summed E-state index contributed by atoms with van der Waals surface area (Å²) in [4.78, 5) is 29.3. The van der Waals surface area contributed by atoms with Gasteiger partial charge in [0.15, 0.2) is 0 Å². The van der Waals surface area contributed by atoms with Crippen LogP contribution in [0.5, 0.6) is 0 Å². The topological polar surface area (TPSA) is 40.6 Å². The number of benzene rings is 2. The third-order valence-corrected chi connectivity index (χ3v) is 5.71. The number of amides is 2. The Labute approximate surface area is 178 Å². The van der Waals surface area contributed by atoms with Crippen molar-refractivity contribution >= 4 is 29.1 Å². The van der Waals surface area contributed by atoms with Crippen LogP contribution >= 0.6 is 11.6 Å². The molecule has 154 valence electrons. The number of carbonyl (C=O) groups is 2. The van der Waals surface area contributed by atoms with Crippen LogP contribution in [0.2, 0.25) is 5.02 Å². The molecule has 0 aliphatic carbocycles. The summed E-state index contributed by atoms with van der Waals surface area (Å²) in [6, 6.07) is 15.0. The quantitative estimate of drug-likeness (QED) is 0.603. The van der Waals surface area contributed by atoms with Crippen molar-refractivity contribution < 1.29 is 9.59 Å². The lowest BCUT2D eigenvalue weighted by atomic mass is 10.1. The number of carbonyl (C=O) groups excluding carboxylic acids is 2. The second-order valence-electron chi connectivity index (χ2n) is 7.65. The minimum absolute atomic E-state index is 0.000664. The van der Waals surface area contributed by atoms with Crippen LogP contribution < -0.4 is 4.90 Å². The van der Waals surface area contributed by atoms with Crippen molar-refractivity contribution in [1.29, 1.82) is 0 Å². The third kappa shape index (κ3) is 5.83. The first-order chi connectivity index (χ1) is 14.1. The fourth-order valence-electron chi connectivity index (χ4n) is 3.87. The molecule has 2 amide bonds. The molecule has 1 aliphatic rings. The SMILES string of the molecule is CC(=O)N1CCCCCCCCN(C(=O)c2ccc(Cl)cc2)Cc2ccccc21. The van der Waals surface area contributed by atoms with Crippen LogP contribution in [0.4, 0.5) is 5.69 Å². The van der Waals surface area contributed by atoms with Gasteiger partial charge in [0.25, 0.3) is 5.91 Å². The van der Waals surface area contributed by atoms with E-state index in [1.165, 1.54) is 6.42 Å². The normalized spacial score (nSPS) is 16.2. The van der Waals surface area contributed by atoms with Crippen molar-refractivity contribution in [2.45, 2.75) is 52.0 Å². The minimum atomic E-state index is 0.000664. The van der Waals surface area contributed by atoms with Crippen LogP contribution in [0.25, 0.3) is 0 Å². The molecular weight excluding hydrogens is 384 g/mol. The van der Waals surface area contributed by atoms with Gasteiger partial charge in [0.05, 0.1) is 0 Å². The van der Waals surface area contributed by atoms with Gasteiger partial charge in [0.2, 0.25) is 5.91 Å². The molecule has 0 spiro atoms. The molecule has 2 aromatic carbocycles. The van der Waals surface area contributed by atoms with E-state index in [2.05, 4.69) is 0 Å². The lowest BCUT2D eigenvalue weighted by molar-refractivity contribution is -0.116. The van der Waals surface area contributed by atoms with E-state index in [-0.39, 0.29) is 11.8 Å². The summed E-state index contributed by atoms with van der Waals surface area (Å²) < 4.78 is 0. The number of fused-ring (bicyclic) bond motifs is 1. The van der Waals surface area contributed by atoms with Gasteiger partial charge in [-0.15, -0.1) is 0 Å². The Bertz CT molecular complexity index is 835. The first kappa shape index (κ1) is 21.4. The molecule has 0 saturated heterocycles. The van der Waals surface area contributed by atoms with Crippen LogP contribution in [0.1, 0.15) is 61.4 Å². The summed E-state index contributed by atoms with van der Waals surface area (Å²) in [5.41, 5.74) is 2.55. The molecule has 1 aliphatic heterocycles. The summed E-state index contributed by atoms with van der Waals surface area (Å²) in [7, 11) is 0. The van der Waals surface area contributed by atoms with Crippen LogP contribution in [0, 0.1) is 0 Å². The van der Waals surface area contributed by atoms with Gasteiger partial charge in [0, 0.05) is 42.8 Å². The maximum absolute atomic E-state index is 13.2. The Morgan fingerprint density at radius 2 is 1.45 bits per heavy atom. The van der Waals surface area contributed by atoms with E-state index in [9.17, 15) is 9.59 Å². The highest BCUT2D eigenvalue weighted by molar-refractivity contribution is 6.30. The van der Waals surface area contributed by atoms with Crippen molar-refractivity contribution in [3.63, 3.8) is 0 Å². The molecular formula is C24H29ClN2O2. The zero-order valence-corrected chi connectivity index (χ0v) is 17.8. The van der Waals surface area contributed by atoms with E-state index in [4.69, 9.17) is 11.6 Å². The van der Waals surface area contributed by atoms with Crippen molar-refractivity contribution in [2.24, 2.45) is 0 Å². The molecule has 0 radical (unpaired) electrons.